The molecule has 0 spiro atoms. The molecule has 7 heteroatoms. The SMILES string of the molecule is Cc1cc(/C(O)=C2\C(=O)C(=O)N(c3cccc(Cl)c3C)C2c2ccccn2)ccc1Br. The minimum atomic E-state index is -0.887. The molecule has 1 aromatic heterocycles. The Morgan fingerprint density at radius 2 is 1.87 bits per heavy atom. The topological polar surface area (TPSA) is 70.5 Å². The third-order valence-electron chi connectivity index (χ3n) is 5.34. The van der Waals surface area contributed by atoms with Crippen LogP contribution in [0, 0.1) is 13.8 Å². The van der Waals surface area contributed by atoms with Crippen LogP contribution in [0.5, 0.6) is 0 Å². The van der Waals surface area contributed by atoms with Crippen molar-refractivity contribution in [2.24, 2.45) is 0 Å². The lowest BCUT2D eigenvalue weighted by molar-refractivity contribution is -0.132. The van der Waals surface area contributed by atoms with Crippen molar-refractivity contribution in [3.63, 3.8) is 0 Å². The average Bonchev–Trinajstić information content (AvgIpc) is 3.03. The van der Waals surface area contributed by atoms with Gasteiger partial charge in [-0.1, -0.05) is 45.7 Å². The molecule has 1 unspecified atom stereocenters. The van der Waals surface area contributed by atoms with Crippen molar-refractivity contribution >= 4 is 50.7 Å². The number of hydrogen-bond acceptors (Lipinski definition) is 4. The number of benzene rings is 2. The van der Waals surface area contributed by atoms with Gasteiger partial charge in [0.25, 0.3) is 11.7 Å². The van der Waals surface area contributed by atoms with Gasteiger partial charge in [-0.2, -0.15) is 0 Å². The molecule has 0 radical (unpaired) electrons. The highest BCUT2D eigenvalue weighted by atomic mass is 79.9. The van der Waals surface area contributed by atoms with E-state index in [1.54, 1.807) is 67.7 Å². The van der Waals surface area contributed by atoms with Gasteiger partial charge < -0.3 is 5.11 Å². The Morgan fingerprint density at radius 1 is 1.10 bits per heavy atom. The van der Waals surface area contributed by atoms with E-state index in [1.165, 1.54) is 4.90 Å². The number of Topliss-reactive ketones (excluding diaryl/α,β-unsaturated/α-hetero) is 1. The molecule has 4 rings (SSSR count). The van der Waals surface area contributed by atoms with Crippen LogP contribution in [0.2, 0.25) is 5.02 Å². The Labute approximate surface area is 193 Å². The van der Waals surface area contributed by atoms with E-state index in [2.05, 4.69) is 20.9 Å². The molecule has 2 aromatic carbocycles. The van der Waals surface area contributed by atoms with Crippen molar-refractivity contribution in [3.8, 4) is 0 Å². The number of aliphatic hydroxyl groups is 1. The Bertz CT molecular complexity index is 1240. The molecule has 0 aliphatic carbocycles. The fraction of sp³-hybridized carbons (Fsp3) is 0.125. The van der Waals surface area contributed by atoms with Crippen LogP contribution in [0.25, 0.3) is 5.76 Å². The van der Waals surface area contributed by atoms with Crippen molar-refractivity contribution in [1.82, 2.24) is 4.98 Å². The molecule has 1 aliphatic heterocycles. The highest BCUT2D eigenvalue weighted by Crippen LogP contribution is 2.43. The summed E-state index contributed by atoms with van der Waals surface area (Å²) in [6.07, 6.45) is 1.59. The van der Waals surface area contributed by atoms with Crippen LogP contribution in [0.15, 0.2) is 70.8 Å². The number of anilines is 1. The molecule has 1 N–H and O–H groups in total. The summed E-state index contributed by atoms with van der Waals surface area (Å²) in [4.78, 5) is 32.1. The summed E-state index contributed by atoms with van der Waals surface area (Å²) in [5.41, 5.74) is 2.95. The molecule has 156 valence electrons. The van der Waals surface area contributed by atoms with Crippen LogP contribution in [-0.2, 0) is 9.59 Å². The fourth-order valence-corrected chi connectivity index (χ4v) is 4.12. The van der Waals surface area contributed by atoms with Crippen molar-refractivity contribution in [2.45, 2.75) is 19.9 Å². The number of aryl methyl sites for hydroxylation is 1. The quantitative estimate of drug-likeness (QED) is 0.284. The summed E-state index contributed by atoms with van der Waals surface area (Å²) in [5, 5.41) is 11.6. The maximum absolute atomic E-state index is 13.2. The normalized spacial score (nSPS) is 17.9. The number of rotatable bonds is 3. The van der Waals surface area contributed by atoms with Crippen molar-refractivity contribution in [1.29, 1.82) is 0 Å². The number of carbonyl (C=O) groups is 2. The minimum absolute atomic E-state index is 0.00945. The Balaban J connectivity index is 1.98. The largest absolute Gasteiger partial charge is 0.507 e. The average molecular weight is 498 g/mol. The molecule has 1 fully saturated rings. The van der Waals surface area contributed by atoms with E-state index in [-0.39, 0.29) is 11.3 Å². The zero-order chi connectivity index (χ0) is 22.3. The predicted molar refractivity (Wildman–Crippen MR) is 124 cm³/mol. The molecule has 1 amide bonds. The van der Waals surface area contributed by atoms with E-state index in [9.17, 15) is 14.7 Å². The van der Waals surface area contributed by atoms with E-state index in [4.69, 9.17) is 11.6 Å². The minimum Gasteiger partial charge on any atom is -0.507 e. The van der Waals surface area contributed by atoms with Crippen LogP contribution in [-0.4, -0.2) is 21.8 Å². The monoisotopic (exact) mass is 496 g/mol. The molecule has 1 atom stereocenters. The van der Waals surface area contributed by atoms with Gasteiger partial charge in [0.15, 0.2) is 0 Å². The first-order valence-corrected chi connectivity index (χ1v) is 10.7. The van der Waals surface area contributed by atoms with E-state index < -0.39 is 17.7 Å². The van der Waals surface area contributed by atoms with Gasteiger partial charge in [0.05, 0.1) is 11.3 Å². The van der Waals surface area contributed by atoms with Gasteiger partial charge in [0.2, 0.25) is 0 Å². The number of amides is 1. The summed E-state index contributed by atoms with van der Waals surface area (Å²) in [6.45, 7) is 3.66. The molecule has 2 heterocycles. The van der Waals surface area contributed by atoms with Crippen LogP contribution in [0.3, 0.4) is 0 Å². The first-order chi connectivity index (χ1) is 14.8. The molecule has 5 nitrogen and oxygen atoms in total. The van der Waals surface area contributed by atoms with Gasteiger partial charge in [-0.3, -0.25) is 19.5 Å². The summed E-state index contributed by atoms with van der Waals surface area (Å²) in [5.74, 6) is -1.75. The molecule has 3 aromatic rings. The lowest BCUT2D eigenvalue weighted by Gasteiger charge is -2.26. The second-order valence-electron chi connectivity index (χ2n) is 7.27. The maximum atomic E-state index is 13.2. The third-order valence-corrected chi connectivity index (χ3v) is 6.64. The van der Waals surface area contributed by atoms with Crippen LogP contribution < -0.4 is 4.90 Å². The molecule has 1 aliphatic rings. The van der Waals surface area contributed by atoms with Crippen LogP contribution in [0.4, 0.5) is 5.69 Å². The smallest absolute Gasteiger partial charge is 0.300 e. The number of carbonyl (C=O) groups excluding carboxylic acids is 2. The highest BCUT2D eigenvalue weighted by molar-refractivity contribution is 9.10. The Morgan fingerprint density at radius 3 is 2.55 bits per heavy atom. The third kappa shape index (κ3) is 3.66. The lowest BCUT2D eigenvalue weighted by Crippen LogP contribution is -2.30. The van der Waals surface area contributed by atoms with Crippen molar-refractivity contribution in [3.05, 3.63) is 98.2 Å². The molecular formula is C24H18BrClN2O3. The van der Waals surface area contributed by atoms with Gasteiger partial charge in [-0.15, -0.1) is 0 Å². The summed E-state index contributed by atoms with van der Waals surface area (Å²) < 4.78 is 0.875. The lowest BCUT2D eigenvalue weighted by atomic mass is 9.97. The Hall–Kier alpha value is -2.96. The van der Waals surface area contributed by atoms with Gasteiger partial charge >= 0.3 is 0 Å². The number of aliphatic hydroxyl groups excluding tert-OH is 1. The molecule has 31 heavy (non-hydrogen) atoms. The standard InChI is InChI=1S/C24H18BrClN2O3/c1-13-12-15(9-10-16(13)25)22(29)20-21(18-7-3-4-11-27-18)28(24(31)23(20)30)19-8-5-6-17(26)14(19)2/h3-12,21,29H,1-2H3/b22-20+. The number of nitrogens with zero attached hydrogens (tertiary/aromatic N) is 2. The number of halogens is 2. The summed E-state index contributed by atoms with van der Waals surface area (Å²) in [6, 6.07) is 14.8. The zero-order valence-electron chi connectivity index (χ0n) is 16.8. The van der Waals surface area contributed by atoms with Crippen molar-refractivity contribution < 1.29 is 14.7 Å². The molecule has 0 bridgehead atoms. The predicted octanol–water partition coefficient (Wildman–Crippen LogP) is 5.74. The number of pyridine rings is 1. The van der Waals surface area contributed by atoms with E-state index in [1.807, 2.05) is 6.92 Å². The second-order valence-corrected chi connectivity index (χ2v) is 8.53. The fourth-order valence-electron chi connectivity index (χ4n) is 3.70. The van der Waals surface area contributed by atoms with Gasteiger partial charge in [0.1, 0.15) is 11.8 Å². The van der Waals surface area contributed by atoms with Crippen molar-refractivity contribution in [2.75, 3.05) is 4.90 Å². The summed E-state index contributed by atoms with van der Waals surface area (Å²) >= 11 is 9.73. The van der Waals surface area contributed by atoms with E-state index >= 15 is 0 Å². The molecular weight excluding hydrogens is 480 g/mol. The van der Waals surface area contributed by atoms with Crippen LogP contribution in [0.1, 0.15) is 28.4 Å². The molecule has 1 saturated heterocycles. The number of hydrogen-bond donors (Lipinski definition) is 1. The van der Waals surface area contributed by atoms with Gasteiger partial charge in [0, 0.05) is 26.9 Å². The Kier molecular flexibility index (Phi) is 5.69. The zero-order valence-corrected chi connectivity index (χ0v) is 19.1. The van der Waals surface area contributed by atoms with Crippen LogP contribution >= 0.6 is 27.5 Å². The van der Waals surface area contributed by atoms with Gasteiger partial charge in [-0.05, 0) is 61.4 Å². The second kappa shape index (κ2) is 8.29. The number of aromatic nitrogens is 1. The highest BCUT2D eigenvalue weighted by Gasteiger charge is 2.48. The first-order valence-electron chi connectivity index (χ1n) is 9.55. The number of ketones is 1. The summed E-state index contributed by atoms with van der Waals surface area (Å²) in [7, 11) is 0. The van der Waals surface area contributed by atoms with E-state index in [0.29, 0.717) is 27.5 Å². The van der Waals surface area contributed by atoms with E-state index in [0.717, 1.165) is 10.0 Å². The molecule has 0 saturated carbocycles. The maximum Gasteiger partial charge on any atom is 0.300 e. The van der Waals surface area contributed by atoms with Gasteiger partial charge in [-0.25, -0.2) is 0 Å². The first kappa shape index (κ1) is 21.3.